The van der Waals surface area contributed by atoms with Gasteiger partial charge in [0.1, 0.15) is 5.69 Å². The molecule has 0 N–H and O–H groups in total. The van der Waals surface area contributed by atoms with Crippen molar-refractivity contribution in [1.29, 1.82) is 0 Å². The molecule has 3 nitrogen and oxygen atoms in total. The van der Waals surface area contributed by atoms with Gasteiger partial charge in [0.25, 0.3) is 0 Å². The highest BCUT2D eigenvalue weighted by atomic mass is 19.4. The first-order chi connectivity index (χ1) is 9.09. The van der Waals surface area contributed by atoms with E-state index in [9.17, 15) is 18.0 Å². The summed E-state index contributed by atoms with van der Waals surface area (Å²) in [6, 6.07) is 2.66. The van der Waals surface area contributed by atoms with E-state index in [1.807, 2.05) is 20.8 Å². The van der Waals surface area contributed by atoms with Crippen LogP contribution in [0.15, 0.2) is 18.3 Å². The summed E-state index contributed by atoms with van der Waals surface area (Å²) in [4.78, 5) is 17.0. The summed E-state index contributed by atoms with van der Waals surface area (Å²) in [7, 11) is 0. The van der Waals surface area contributed by atoms with Crippen molar-refractivity contribution in [3.8, 4) is 0 Å². The van der Waals surface area contributed by atoms with Crippen molar-refractivity contribution >= 4 is 5.91 Å². The molecular formula is C14H17F3N2O. The molecule has 1 saturated heterocycles. The van der Waals surface area contributed by atoms with E-state index >= 15 is 0 Å². The van der Waals surface area contributed by atoms with E-state index < -0.39 is 17.3 Å². The average molecular weight is 286 g/mol. The monoisotopic (exact) mass is 286 g/mol. The lowest BCUT2D eigenvalue weighted by molar-refractivity contribution is -0.144. The maximum absolute atomic E-state index is 12.6. The molecule has 0 radical (unpaired) electrons. The van der Waals surface area contributed by atoms with Gasteiger partial charge in [-0.15, -0.1) is 0 Å². The SMILES string of the molecule is CC(C)(C)C(=O)N1CC(c2ccnc(C(F)(F)F)c2)C1. The molecule has 0 aliphatic carbocycles. The fourth-order valence-corrected chi connectivity index (χ4v) is 2.19. The third kappa shape index (κ3) is 2.94. The number of halogens is 3. The Morgan fingerprint density at radius 1 is 1.30 bits per heavy atom. The van der Waals surface area contributed by atoms with Gasteiger partial charge < -0.3 is 4.90 Å². The fraction of sp³-hybridized carbons (Fsp3) is 0.571. The molecule has 1 aliphatic heterocycles. The van der Waals surface area contributed by atoms with E-state index in [1.54, 1.807) is 11.0 Å². The van der Waals surface area contributed by atoms with Gasteiger partial charge in [-0.05, 0) is 17.7 Å². The Kier molecular flexibility index (Phi) is 3.52. The molecule has 110 valence electrons. The molecule has 2 heterocycles. The first kappa shape index (κ1) is 14.8. The van der Waals surface area contributed by atoms with Crippen LogP contribution in [0.2, 0.25) is 0 Å². The molecule has 1 fully saturated rings. The van der Waals surface area contributed by atoms with Gasteiger partial charge >= 0.3 is 6.18 Å². The van der Waals surface area contributed by atoms with Crippen LogP contribution in [0.5, 0.6) is 0 Å². The molecule has 0 aromatic carbocycles. The molecule has 1 amide bonds. The number of nitrogens with zero attached hydrogens (tertiary/aromatic N) is 2. The second-order valence-electron chi connectivity index (χ2n) is 6.13. The first-order valence-electron chi connectivity index (χ1n) is 6.41. The second-order valence-corrected chi connectivity index (χ2v) is 6.13. The number of hydrogen-bond donors (Lipinski definition) is 0. The van der Waals surface area contributed by atoms with Crippen LogP contribution in [0.25, 0.3) is 0 Å². The van der Waals surface area contributed by atoms with Crippen LogP contribution in [-0.2, 0) is 11.0 Å². The zero-order chi connectivity index (χ0) is 15.1. The van der Waals surface area contributed by atoms with Gasteiger partial charge in [0, 0.05) is 30.6 Å². The van der Waals surface area contributed by atoms with Crippen LogP contribution in [0.1, 0.15) is 37.9 Å². The van der Waals surface area contributed by atoms with Crippen molar-refractivity contribution < 1.29 is 18.0 Å². The summed E-state index contributed by atoms with van der Waals surface area (Å²) >= 11 is 0. The van der Waals surface area contributed by atoms with Crippen molar-refractivity contribution in [3.63, 3.8) is 0 Å². The fourth-order valence-electron chi connectivity index (χ4n) is 2.19. The topological polar surface area (TPSA) is 33.2 Å². The number of carbonyl (C=O) groups is 1. The van der Waals surface area contributed by atoms with Crippen molar-refractivity contribution in [2.75, 3.05) is 13.1 Å². The van der Waals surface area contributed by atoms with Crippen LogP contribution < -0.4 is 0 Å². The van der Waals surface area contributed by atoms with Crippen LogP contribution in [0, 0.1) is 5.41 Å². The van der Waals surface area contributed by atoms with E-state index in [1.165, 1.54) is 6.20 Å². The molecule has 1 aromatic rings. The van der Waals surface area contributed by atoms with Gasteiger partial charge in [0.15, 0.2) is 0 Å². The van der Waals surface area contributed by atoms with Crippen molar-refractivity contribution in [2.24, 2.45) is 5.41 Å². The van der Waals surface area contributed by atoms with Gasteiger partial charge in [0.2, 0.25) is 5.91 Å². The molecule has 20 heavy (non-hydrogen) atoms. The quantitative estimate of drug-likeness (QED) is 0.795. The summed E-state index contributed by atoms with van der Waals surface area (Å²) in [5.41, 5.74) is -0.749. The van der Waals surface area contributed by atoms with Crippen LogP contribution in [0.3, 0.4) is 0 Å². The lowest BCUT2D eigenvalue weighted by Gasteiger charge is -2.42. The van der Waals surface area contributed by atoms with Gasteiger partial charge in [-0.2, -0.15) is 13.2 Å². The number of hydrogen-bond acceptors (Lipinski definition) is 2. The minimum atomic E-state index is -4.43. The zero-order valence-electron chi connectivity index (χ0n) is 11.7. The maximum atomic E-state index is 12.6. The highest BCUT2D eigenvalue weighted by Gasteiger charge is 2.38. The van der Waals surface area contributed by atoms with Crippen LogP contribution in [0.4, 0.5) is 13.2 Å². The third-order valence-electron chi connectivity index (χ3n) is 3.36. The minimum absolute atomic E-state index is 0.0267. The Bertz CT molecular complexity index is 514. The standard InChI is InChI=1S/C14H17F3N2O/c1-13(2,3)12(20)19-7-10(8-19)9-4-5-18-11(6-9)14(15,16)17/h4-6,10H,7-8H2,1-3H3. The Balaban J connectivity index is 2.05. The number of likely N-dealkylation sites (tertiary alicyclic amines) is 1. The molecule has 1 aromatic heterocycles. The summed E-state index contributed by atoms with van der Waals surface area (Å²) in [6.07, 6.45) is -3.26. The predicted molar refractivity (Wildman–Crippen MR) is 68.0 cm³/mol. The molecule has 0 bridgehead atoms. The Hall–Kier alpha value is -1.59. The number of rotatable bonds is 1. The van der Waals surface area contributed by atoms with Gasteiger partial charge in [0.05, 0.1) is 0 Å². The predicted octanol–water partition coefficient (Wildman–Crippen LogP) is 3.07. The highest BCUT2D eigenvalue weighted by molar-refractivity contribution is 5.82. The lowest BCUT2D eigenvalue weighted by Crippen LogP contribution is -2.52. The maximum Gasteiger partial charge on any atom is 0.433 e. The summed E-state index contributed by atoms with van der Waals surface area (Å²) < 4.78 is 37.8. The Labute approximate surface area is 115 Å². The molecule has 0 atom stereocenters. The highest BCUT2D eigenvalue weighted by Crippen LogP contribution is 2.34. The normalized spacial score (nSPS) is 17.0. The average Bonchev–Trinajstić information content (AvgIpc) is 2.25. The van der Waals surface area contributed by atoms with E-state index in [2.05, 4.69) is 4.98 Å². The van der Waals surface area contributed by atoms with Crippen molar-refractivity contribution in [2.45, 2.75) is 32.9 Å². The van der Waals surface area contributed by atoms with Crippen LogP contribution in [-0.4, -0.2) is 28.9 Å². The van der Waals surface area contributed by atoms with E-state index in [-0.39, 0.29) is 11.8 Å². The Morgan fingerprint density at radius 2 is 1.90 bits per heavy atom. The van der Waals surface area contributed by atoms with E-state index in [0.717, 1.165) is 6.07 Å². The smallest absolute Gasteiger partial charge is 0.341 e. The third-order valence-corrected chi connectivity index (χ3v) is 3.36. The number of alkyl halides is 3. The number of carbonyl (C=O) groups excluding carboxylic acids is 1. The summed E-state index contributed by atoms with van der Waals surface area (Å²) in [6.45, 7) is 6.43. The number of aromatic nitrogens is 1. The lowest BCUT2D eigenvalue weighted by atomic mass is 9.87. The Morgan fingerprint density at radius 3 is 2.40 bits per heavy atom. The van der Waals surface area contributed by atoms with Crippen molar-refractivity contribution in [3.05, 3.63) is 29.6 Å². The van der Waals surface area contributed by atoms with E-state index in [4.69, 9.17) is 0 Å². The second kappa shape index (κ2) is 4.75. The molecule has 0 saturated carbocycles. The molecular weight excluding hydrogens is 269 g/mol. The molecule has 0 spiro atoms. The zero-order valence-corrected chi connectivity index (χ0v) is 11.7. The largest absolute Gasteiger partial charge is 0.433 e. The molecule has 6 heteroatoms. The summed E-state index contributed by atoms with van der Waals surface area (Å²) in [5, 5.41) is 0. The van der Waals surface area contributed by atoms with Gasteiger partial charge in [-0.1, -0.05) is 20.8 Å². The van der Waals surface area contributed by atoms with Gasteiger partial charge in [-0.25, -0.2) is 0 Å². The first-order valence-corrected chi connectivity index (χ1v) is 6.41. The molecule has 2 rings (SSSR count). The number of amides is 1. The van der Waals surface area contributed by atoms with Crippen molar-refractivity contribution in [1.82, 2.24) is 9.88 Å². The van der Waals surface area contributed by atoms with Gasteiger partial charge in [-0.3, -0.25) is 9.78 Å². The van der Waals surface area contributed by atoms with E-state index in [0.29, 0.717) is 18.7 Å². The molecule has 1 aliphatic rings. The number of pyridine rings is 1. The molecule has 0 unspecified atom stereocenters. The summed E-state index contributed by atoms with van der Waals surface area (Å²) in [5.74, 6) is -0.00995. The minimum Gasteiger partial charge on any atom is -0.341 e. The van der Waals surface area contributed by atoms with Crippen LogP contribution >= 0.6 is 0 Å².